The van der Waals surface area contributed by atoms with Crippen molar-refractivity contribution >= 4 is 5.97 Å². The third kappa shape index (κ3) is 1.73. The summed E-state index contributed by atoms with van der Waals surface area (Å²) in [6.45, 7) is 0. The first-order valence-electron chi connectivity index (χ1n) is 3.71. The molecule has 0 fully saturated rings. The van der Waals surface area contributed by atoms with E-state index in [0.717, 1.165) is 0 Å². The van der Waals surface area contributed by atoms with Crippen LogP contribution < -0.4 is 0 Å². The smallest absolute Gasteiger partial charge is 0.357 e. The van der Waals surface area contributed by atoms with E-state index in [0.29, 0.717) is 5.56 Å². The molecule has 0 unspecified atom stereocenters. The van der Waals surface area contributed by atoms with Crippen LogP contribution in [0.3, 0.4) is 0 Å². The van der Waals surface area contributed by atoms with Gasteiger partial charge in [-0.2, -0.15) is 10.4 Å². The van der Waals surface area contributed by atoms with E-state index in [9.17, 15) is 4.79 Å². The van der Waals surface area contributed by atoms with Crippen LogP contribution in [0, 0.1) is 23.2 Å². The Morgan fingerprint density at radius 2 is 2.43 bits per heavy atom. The number of aryl methyl sites for hydroxylation is 1. The summed E-state index contributed by atoms with van der Waals surface area (Å²) in [7, 11) is 2.88. The fraction of sp³-hybridized carbons (Fsp3) is 0.222. The number of methoxy groups -OCH3 is 1. The van der Waals surface area contributed by atoms with Crippen LogP contribution in [0.1, 0.15) is 16.1 Å². The van der Waals surface area contributed by atoms with Gasteiger partial charge in [0.15, 0.2) is 11.8 Å². The van der Waals surface area contributed by atoms with Gasteiger partial charge in [0.2, 0.25) is 0 Å². The van der Waals surface area contributed by atoms with Crippen LogP contribution in [0.25, 0.3) is 0 Å². The van der Waals surface area contributed by atoms with Gasteiger partial charge in [0.1, 0.15) is 0 Å². The second kappa shape index (κ2) is 4.11. The number of hydrogen-bond acceptors (Lipinski definition) is 4. The number of aromatic nitrogens is 2. The van der Waals surface area contributed by atoms with E-state index in [-0.39, 0.29) is 5.69 Å². The summed E-state index contributed by atoms with van der Waals surface area (Å²) in [6, 6.07) is 1.66. The van der Waals surface area contributed by atoms with E-state index in [1.807, 2.05) is 0 Å². The standard InChI is InChI=1S/C9H7N3O2/c1-12-8(9(13)14-2)7(6-11-12)4-3-5-10/h6H,1-2H3. The highest BCUT2D eigenvalue weighted by Crippen LogP contribution is 2.06. The average molecular weight is 189 g/mol. The van der Waals surface area contributed by atoms with Crippen LogP contribution >= 0.6 is 0 Å². The molecule has 70 valence electrons. The molecule has 0 aliphatic heterocycles. The van der Waals surface area contributed by atoms with E-state index in [2.05, 4.69) is 21.7 Å². The van der Waals surface area contributed by atoms with Crippen molar-refractivity contribution in [3.8, 4) is 17.9 Å². The Balaban J connectivity index is 3.20. The van der Waals surface area contributed by atoms with Crippen molar-refractivity contribution in [2.45, 2.75) is 0 Å². The molecule has 0 aliphatic rings. The number of nitrogens with zero attached hydrogens (tertiary/aromatic N) is 3. The lowest BCUT2D eigenvalue weighted by atomic mass is 10.2. The fourth-order valence-electron chi connectivity index (χ4n) is 0.963. The summed E-state index contributed by atoms with van der Waals surface area (Å²) in [5.74, 6) is 4.17. The van der Waals surface area contributed by atoms with Gasteiger partial charge in [0.25, 0.3) is 0 Å². The van der Waals surface area contributed by atoms with Gasteiger partial charge in [0, 0.05) is 13.0 Å². The van der Waals surface area contributed by atoms with E-state index >= 15 is 0 Å². The lowest BCUT2D eigenvalue weighted by Gasteiger charge is -1.99. The predicted octanol–water partition coefficient (Wildman–Crippen LogP) is 0.0818. The SMILES string of the molecule is COC(=O)c1c(C#CC#N)cnn1C. The maximum atomic E-state index is 11.2. The number of esters is 1. The topological polar surface area (TPSA) is 67.9 Å². The molecule has 1 heterocycles. The summed E-state index contributed by atoms with van der Waals surface area (Å²) in [5, 5.41) is 12.1. The molecule has 5 heteroatoms. The van der Waals surface area contributed by atoms with Gasteiger partial charge in [0.05, 0.1) is 18.9 Å². The first kappa shape index (κ1) is 9.82. The highest BCUT2D eigenvalue weighted by Gasteiger charge is 2.15. The van der Waals surface area contributed by atoms with Crippen molar-refractivity contribution in [2.24, 2.45) is 7.05 Å². The summed E-state index contributed by atoms with van der Waals surface area (Å²) >= 11 is 0. The van der Waals surface area contributed by atoms with Crippen molar-refractivity contribution in [3.05, 3.63) is 17.5 Å². The van der Waals surface area contributed by atoms with E-state index in [1.165, 1.54) is 18.0 Å². The molecule has 0 N–H and O–H groups in total. The summed E-state index contributed by atoms with van der Waals surface area (Å²) in [4.78, 5) is 11.2. The second-order valence-electron chi connectivity index (χ2n) is 2.38. The number of nitriles is 1. The maximum absolute atomic E-state index is 11.2. The normalized spacial score (nSPS) is 8.36. The zero-order valence-corrected chi connectivity index (χ0v) is 7.74. The van der Waals surface area contributed by atoms with Gasteiger partial charge >= 0.3 is 5.97 Å². The molecule has 0 spiro atoms. The first-order valence-corrected chi connectivity index (χ1v) is 3.71. The minimum Gasteiger partial charge on any atom is -0.464 e. The zero-order chi connectivity index (χ0) is 10.6. The molecule has 0 radical (unpaired) electrons. The van der Waals surface area contributed by atoms with Gasteiger partial charge in [-0.1, -0.05) is 0 Å². The van der Waals surface area contributed by atoms with Crippen LogP contribution in [-0.4, -0.2) is 22.9 Å². The van der Waals surface area contributed by atoms with Gasteiger partial charge < -0.3 is 4.74 Å². The Labute approximate surface area is 80.9 Å². The zero-order valence-electron chi connectivity index (χ0n) is 7.74. The second-order valence-corrected chi connectivity index (χ2v) is 2.38. The Kier molecular flexibility index (Phi) is 2.88. The quantitative estimate of drug-likeness (QED) is 0.463. The molecule has 0 atom stereocenters. The number of rotatable bonds is 1. The maximum Gasteiger partial charge on any atom is 0.357 e. The van der Waals surface area contributed by atoms with Crippen LogP contribution in [0.15, 0.2) is 6.20 Å². The Bertz CT molecular complexity index is 457. The van der Waals surface area contributed by atoms with Crippen molar-refractivity contribution in [3.63, 3.8) is 0 Å². The molecule has 0 bridgehead atoms. The number of carbonyl (C=O) groups is 1. The molecular weight excluding hydrogens is 182 g/mol. The Hall–Kier alpha value is -2.27. The molecule has 1 aromatic heterocycles. The third-order valence-electron chi connectivity index (χ3n) is 1.57. The minimum absolute atomic E-state index is 0.246. The lowest BCUT2D eigenvalue weighted by Crippen LogP contribution is -2.09. The average Bonchev–Trinajstić information content (AvgIpc) is 2.55. The van der Waals surface area contributed by atoms with E-state index < -0.39 is 5.97 Å². The molecule has 0 saturated heterocycles. The molecular formula is C9H7N3O2. The molecule has 0 aliphatic carbocycles. The summed E-state index contributed by atoms with van der Waals surface area (Å²) in [5.41, 5.74) is 0.635. The predicted molar refractivity (Wildman–Crippen MR) is 47.0 cm³/mol. The van der Waals surface area contributed by atoms with Gasteiger partial charge in [-0.25, -0.2) is 4.79 Å². The van der Waals surface area contributed by atoms with E-state index in [1.54, 1.807) is 13.1 Å². The monoisotopic (exact) mass is 189 g/mol. The van der Waals surface area contributed by atoms with Crippen LogP contribution in [0.2, 0.25) is 0 Å². The molecule has 0 aromatic carbocycles. The Morgan fingerprint density at radius 3 is 3.00 bits per heavy atom. The number of carbonyl (C=O) groups excluding carboxylic acids is 1. The largest absolute Gasteiger partial charge is 0.464 e. The summed E-state index contributed by atoms with van der Waals surface area (Å²) < 4.78 is 5.90. The molecule has 5 nitrogen and oxygen atoms in total. The van der Waals surface area contributed by atoms with Crippen molar-refractivity contribution in [1.29, 1.82) is 5.26 Å². The molecule has 0 saturated carbocycles. The van der Waals surface area contributed by atoms with Crippen molar-refractivity contribution < 1.29 is 9.53 Å². The molecule has 0 amide bonds. The van der Waals surface area contributed by atoms with Gasteiger partial charge in [-0.3, -0.25) is 4.68 Å². The molecule has 14 heavy (non-hydrogen) atoms. The number of ether oxygens (including phenoxy) is 1. The van der Waals surface area contributed by atoms with Crippen molar-refractivity contribution in [1.82, 2.24) is 9.78 Å². The van der Waals surface area contributed by atoms with Gasteiger partial charge in [-0.15, -0.1) is 0 Å². The minimum atomic E-state index is -0.521. The molecule has 1 rings (SSSR count). The van der Waals surface area contributed by atoms with Crippen molar-refractivity contribution in [2.75, 3.05) is 7.11 Å². The highest BCUT2D eigenvalue weighted by molar-refractivity contribution is 5.90. The third-order valence-corrected chi connectivity index (χ3v) is 1.57. The van der Waals surface area contributed by atoms with Crippen LogP contribution in [0.5, 0.6) is 0 Å². The van der Waals surface area contributed by atoms with Gasteiger partial charge in [-0.05, 0) is 5.92 Å². The fourth-order valence-corrected chi connectivity index (χ4v) is 0.963. The first-order chi connectivity index (χ1) is 6.70. The van der Waals surface area contributed by atoms with E-state index in [4.69, 9.17) is 5.26 Å². The van der Waals surface area contributed by atoms with Crippen LogP contribution in [-0.2, 0) is 11.8 Å². The molecule has 1 aromatic rings. The summed E-state index contributed by atoms with van der Waals surface area (Å²) in [6.07, 6.45) is 1.41. The highest BCUT2D eigenvalue weighted by atomic mass is 16.5. The number of hydrogen-bond donors (Lipinski definition) is 0. The Morgan fingerprint density at radius 1 is 1.71 bits per heavy atom. The van der Waals surface area contributed by atoms with Crippen LogP contribution in [0.4, 0.5) is 0 Å². The lowest BCUT2D eigenvalue weighted by molar-refractivity contribution is 0.0588.